The monoisotopic (exact) mass is 311 g/mol. The average Bonchev–Trinajstić information content (AvgIpc) is 3.16. The second kappa shape index (κ2) is 4.98. The van der Waals surface area contributed by atoms with Crippen LogP contribution in [0.4, 0.5) is 4.39 Å². The van der Waals surface area contributed by atoms with E-state index in [9.17, 15) is 14.0 Å². The maximum atomic E-state index is 13.7. The van der Waals surface area contributed by atoms with Crippen molar-refractivity contribution in [1.82, 2.24) is 4.90 Å². The number of carbonyl (C=O) groups excluding carboxylic acids is 1. The fourth-order valence-electron chi connectivity index (χ4n) is 3.24. The van der Waals surface area contributed by atoms with Gasteiger partial charge in [0.15, 0.2) is 0 Å². The van der Waals surface area contributed by atoms with Crippen molar-refractivity contribution in [2.45, 2.75) is 19.3 Å². The number of carboxylic acids is 1. The number of benzene rings is 1. The van der Waals surface area contributed by atoms with Gasteiger partial charge in [-0.3, -0.25) is 9.59 Å². The molecule has 2 aliphatic rings. The number of rotatable bonds is 2. The molecule has 1 aliphatic carbocycles. The van der Waals surface area contributed by atoms with Gasteiger partial charge in [0.2, 0.25) is 0 Å². The van der Waals surface area contributed by atoms with Crippen LogP contribution in [0.15, 0.2) is 18.2 Å². The van der Waals surface area contributed by atoms with Crippen molar-refractivity contribution in [2.24, 2.45) is 11.3 Å². The third-order valence-corrected chi connectivity index (χ3v) is 4.93. The summed E-state index contributed by atoms with van der Waals surface area (Å²) in [5, 5.41) is 9.37. The molecule has 1 aliphatic heterocycles. The van der Waals surface area contributed by atoms with Gasteiger partial charge in [-0.2, -0.15) is 0 Å². The van der Waals surface area contributed by atoms with Crippen molar-refractivity contribution < 1.29 is 19.1 Å². The molecule has 1 saturated carbocycles. The highest BCUT2D eigenvalue weighted by Gasteiger charge is 2.59. The SMILES string of the molecule is O=C(O)C1CC12CCN(C(=O)c1cc(Cl)ccc1F)CC2. The number of nitrogens with zero attached hydrogens (tertiary/aromatic N) is 1. The van der Waals surface area contributed by atoms with Crippen LogP contribution in [0.5, 0.6) is 0 Å². The number of hydrogen-bond acceptors (Lipinski definition) is 2. The predicted octanol–water partition coefficient (Wildman–Crippen LogP) is 2.81. The number of carboxylic acid groups (broad SMARTS) is 1. The van der Waals surface area contributed by atoms with Gasteiger partial charge in [0, 0.05) is 18.1 Å². The predicted molar refractivity (Wildman–Crippen MR) is 74.7 cm³/mol. The van der Waals surface area contributed by atoms with Crippen molar-refractivity contribution >= 4 is 23.5 Å². The molecular weight excluding hydrogens is 297 g/mol. The molecule has 1 atom stereocenters. The van der Waals surface area contributed by atoms with Gasteiger partial charge in [0.1, 0.15) is 5.82 Å². The van der Waals surface area contributed by atoms with Crippen LogP contribution < -0.4 is 0 Å². The van der Waals surface area contributed by atoms with Crippen LogP contribution in [-0.4, -0.2) is 35.0 Å². The van der Waals surface area contributed by atoms with Crippen molar-refractivity contribution in [2.75, 3.05) is 13.1 Å². The Morgan fingerprint density at radius 2 is 2.00 bits per heavy atom. The standard InChI is InChI=1S/C15H15ClFNO3/c16-9-1-2-12(17)10(7-9)13(19)18-5-3-15(4-6-18)8-11(15)14(20)21/h1-2,7,11H,3-6,8H2,(H,20,21). The molecule has 1 heterocycles. The number of halogens is 2. The fourth-order valence-corrected chi connectivity index (χ4v) is 3.41. The molecule has 3 rings (SSSR count). The van der Waals surface area contributed by atoms with Gasteiger partial charge in [0.25, 0.3) is 5.91 Å². The summed E-state index contributed by atoms with van der Waals surface area (Å²) in [6.07, 6.45) is 2.02. The highest BCUT2D eigenvalue weighted by atomic mass is 35.5. The molecule has 112 valence electrons. The Bertz CT molecular complexity index is 611. The molecule has 1 spiro atoms. The van der Waals surface area contributed by atoms with Gasteiger partial charge in [-0.1, -0.05) is 11.6 Å². The van der Waals surface area contributed by atoms with Crippen LogP contribution in [0.2, 0.25) is 5.02 Å². The van der Waals surface area contributed by atoms with Crippen molar-refractivity contribution in [3.8, 4) is 0 Å². The Balaban J connectivity index is 1.69. The summed E-state index contributed by atoms with van der Waals surface area (Å²) in [5.41, 5.74) is -0.167. The maximum absolute atomic E-state index is 13.7. The van der Waals surface area contributed by atoms with E-state index in [2.05, 4.69) is 0 Å². The first kappa shape index (κ1) is 14.3. The van der Waals surface area contributed by atoms with Gasteiger partial charge in [0.05, 0.1) is 11.5 Å². The van der Waals surface area contributed by atoms with E-state index in [1.165, 1.54) is 18.2 Å². The first-order chi connectivity index (χ1) is 9.93. The summed E-state index contributed by atoms with van der Waals surface area (Å²) < 4.78 is 13.7. The molecule has 1 amide bonds. The molecule has 6 heteroatoms. The molecule has 1 unspecified atom stereocenters. The minimum Gasteiger partial charge on any atom is -0.481 e. The van der Waals surface area contributed by atoms with Crippen LogP contribution in [0.1, 0.15) is 29.6 Å². The second-order valence-electron chi connectivity index (χ2n) is 5.87. The smallest absolute Gasteiger partial charge is 0.307 e. The molecule has 4 nitrogen and oxygen atoms in total. The average molecular weight is 312 g/mol. The normalized spacial score (nSPS) is 23.1. The van der Waals surface area contributed by atoms with Gasteiger partial charge in [-0.25, -0.2) is 4.39 Å². The zero-order chi connectivity index (χ0) is 15.2. The first-order valence-electron chi connectivity index (χ1n) is 6.90. The van der Waals surface area contributed by atoms with Crippen molar-refractivity contribution in [3.63, 3.8) is 0 Å². The van der Waals surface area contributed by atoms with E-state index in [1.807, 2.05) is 0 Å². The molecule has 1 N–H and O–H groups in total. The highest BCUT2D eigenvalue weighted by Crippen LogP contribution is 2.59. The lowest BCUT2D eigenvalue weighted by Crippen LogP contribution is -2.40. The highest BCUT2D eigenvalue weighted by molar-refractivity contribution is 6.31. The Hall–Kier alpha value is -1.62. The van der Waals surface area contributed by atoms with Crippen LogP contribution in [0.3, 0.4) is 0 Å². The van der Waals surface area contributed by atoms with Gasteiger partial charge < -0.3 is 10.0 Å². The van der Waals surface area contributed by atoms with E-state index in [-0.39, 0.29) is 22.8 Å². The van der Waals surface area contributed by atoms with Crippen molar-refractivity contribution in [3.05, 3.63) is 34.6 Å². The summed E-state index contributed by atoms with van der Waals surface area (Å²) in [6, 6.07) is 3.92. The summed E-state index contributed by atoms with van der Waals surface area (Å²) in [6.45, 7) is 0.934. The van der Waals surface area contributed by atoms with Gasteiger partial charge in [-0.05, 0) is 42.9 Å². The first-order valence-corrected chi connectivity index (χ1v) is 7.28. The molecule has 1 aromatic carbocycles. The van der Waals surface area contributed by atoms with Crippen molar-refractivity contribution in [1.29, 1.82) is 0 Å². The fraction of sp³-hybridized carbons (Fsp3) is 0.467. The number of aliphatic carboxylic acids is 1. The van der Waals surface area contributed by atoms with E-state index < -0.39 is 11.8 Å². The summed E-state index contributed by atoms with van der Waals surface area (Å²) >= 11 is 5.81. The lowest BCUT2D eigenvalue weighted by Gasteiger charge is -2.32. The molecule has 2 fully saturated rings. The Kier molecular flexibility index (Phi) is 3.40. The number of amides is 1. The number of carbonyl (C=O) groups is 2. The van der Waals surface area contributed by atoms with E-state index in [0.29, 0.717) is 37.4 Å². The minimum absolute atomic E-state index is 0.0240. The largest absolute Gasteiger partial charge is 0.481 e. The minimum atomic E-state index is -0.754. The number of likely N-dealkylation sites (tertiary alicyclic amines) is 1. The quantitative estimate of drug-likeness (QED) is 0.913. The van der Waals surface area contributed by atoms with Gasteiger partial charge in [-0.15, -0.1) is 0 Å². The van der Waals surface area contributed by atoms with Crippen LogP contribution >= 0.6 is 11.6 Å². The molecule has 1 saturated heterocycles. The van der Waals surface area contributed by atoms with Gasteiger partial charge >= 0.3 is 5.97 Å². The van der Waals surface area contributed by atoms with E-state index >= 15 is 0 Å². The molecule has 0 bridgehead atoms. The Labute approximate surface area is 126 Å². The summed E-state index contributed by atoms with van der Waals surface area (Å²) in [4.78, 5) is 24.9. The topological polar surface area (TPSA) is 57.6 Å². The third kappa shape index (κ3) is 2.50. The van der Waals surface area contributed by atoms with E-state index in [1.54, 1.807) is 4.90 Å². The number of hydrogen-bond donors (Lipinski definition) is 1. The molecule has 0 aromatic heterocycles. The zero-order valence-electron chi connectivity index (χ0n) is 11.3. The summed E-state index contributed by atoms with van der Waals surface area (Å²) in [7, 11) is 0. The molecule has 21 heavy (non-hydrogen) atoms. The lowest BCUT2D eigenvalue weighted by atomic mass is 9.90. The number of piperidine rings is 1. The van der Waals surface area contributed by atoms with Crippen LogP contribution in [-0.2, 0) is 4.79 Å². The van der Waals surface area contributed by atoms with E-state index in [4.69, 9.17) is 16.7 Å². The van der Waals surface area contributed by atoms with Crippen LogP contribution in [0.25, 0.3) is 0 Å². The van der Waals surface area contributed by atoms with Crippen LogP contribution in [0, 0.1) is 17.2 Å². The maximum Gasteiger partial charge on any atom is 0.307 e. The molecule has 0 radical (unpaired) electrons. The lowest BCUT2D eigenvalue weighted by molar-refractivity contribution is -0.139. The second-order valence-corrected chi connectivity index (χ2v) is 6.31. The third-order valence-electron chi connectivity index (χ3n) is 4.69. The summed E-state index contributed by atoms with van der Waals surface area (Å²) in [5.74, 6) is -2.00. The molecular formula is C15H15ClFNO3. The van der Waals surface area contributed by atoms with E-state index in [0.717, 1.165) is 0 Å². The Morgan fingerprint density at radius 1 is 1.33 bits per heavy atom. The zero-order valence-corrected chi connectivity index (χ0v) is 12.1. The Morgan fingerprint density at radius 3 is 2.57 bits per heavy atom. The molecule has 1 aromatic rings.